The molecule has 2 heterocycles. The second kappa shape index (κ2) is 10.4. The SMILES string of the molecule is O=C(/C=C/c1ccc(N2CCCC2=O)cc1)NCc1cccc(CN2CCOCC2)c1. The fourth-order valence-electron chi connectivity index (χ4n) is 3.96. The lowest BCUT2D eigenvalue weighted by Crippen LogP contribution is -2.35. The molecule has 0 aromatic heterocycles. The number of benzene rings is 2. The second-order valence-corrected chi connectivity index (χ2v) is 8.00. The summed E-state index contributed by atoms with van der Waals surface area (Å²) in [7, 11) is 0. The molecule has 0 bridgehead atoms. The fraction of sp³-hybridized carbons (Fsp3) is 0.360. The molecule has 2 amide bonds. The lowest BCUT2D eigenvalue weighted by Gasteiger charge is -2.26. The maximum atomic E-state index is 12.2. The average molecular weight is 420 g/mol. The van der Waals surface area contributed by atoms with Crippen molar-refractivity contribution in [3.05, 3.63) is 71.3 Å². The number of amides is 2. The minimum Gasteiger partial charge on any atom is -0.379 e. The van der Waals surface area contributed by atoms with Gasteiger partial charge >= 0.3 is 0 Å². The topological polar surface area (TPSA) is 61.9 Å². The minimum absolute atomic E-state index is 0.127. The van der Waals surface area contributed by atoms with Crippen molar-refractivity contribution in [3.63, 3.8) is 0 Å². The summed E-state index contributed by atoms with van der Waals surface area (Å²) in [4.78, 5) is 28.3. The standard InChI is InChI=1S/C25H29N3O3/c29-24(11-8-20-6-9-23(10-7-20)28-12-2-5-25(28)30)26-18-21-3-1-4-22(17-21)19-27-13-15-31-16-14-27/h1,3-4,6-11,17H,2,5,12-16,18-19H2,(H,26,29)/b11-8+. The molecule has 2 saturated heterocycles. The van der Waals surface area contributed by atoms with Crippen LogP contribution in [0.2, 0.25) is 0 Å². The van der Waals surface area contributed by atoms with Gasteiger partial charge in [-0.1, -0.05) is 36.4 Å². The number of rotatable bonds is 7. The van der Waals surface area contributed by atoms with Crippen molar-refractivity contribution in [3.8, 4) is 0 Å². The third-order valence-electron chi connectivity index (χ3n) is 5.67. The molecule has 2 fully saturated rings. The summed E-state index contributed by atoms with van der Waals surface area (Å²) in [5.74, 6) is 0.0501. The molecular weight excluding hydrogens is 390 g/mol. The quantitative estimate of drug-likeness (QED) is 0.701. The molecule has 2 aliphatic rings. The normalized spacial score (nSPS) is 17.4. The molecule has 0 aliphatic carbocycles. The van der Waals surface area contributed by atoms with Crippen LogP contribution >= 0.6 is 0 Å². The summed E-state index contributed by atoms with van der Waals surface area (Å²) >= 11 is 0. The van der Waals surface area contributed by atoms with Crippen molar-refractivity contribution in [2.24, 2.45) is 0 Å². The zero-order chi connectivity index (χ0) is 21.5. The first-order valence-electron chi connectivity index (χ1n) is 10.9. The van der Waals surface area contributed by atoms with Crippen molar-refractivity contribution in [2.75, 3.05) is 37.7 Å². The first-order valence-corrected chi connectivity index (χ1v) is 10.9. The monoisotopic (exact) mass is 419 g/mol. The number of hydrogen-bond donors (Lipinski definition) is 1. The van der Waals surface area contributed by atoms with Crippen LogP contribution in [0.4, 0.5) is 5.69 Å². The van der Waals surface area contributed by atoms with Crippen LogP contribution in [-0.4, -0.2) is 49.6 Å². The lowest BCUT2D eigenvalue weighted by atomic mass is 10.1. The maximum Gasteiger partial charge on any atom is 0.244 e. The van der Waals surface area contributed by atoms with E-state index in [1.165, 1.54) is 5.56 Å². The van der Waals surface area contributed by atoms with Gasteiger partial charge in [0.05, 0.1) is 13.2 Å². The lowest BCUT2D eigenvalue weighted by molar-refractivity contribution is -0.117. The van der Waals surface area contributed by atoms with Crippen LogP contribution in [0, 0.1) is 0 Å². The van der Waals surface area contributed by atoms with Crippen LogP contribution in [0.1, 0.15) is 29.5 Å². The van der Waals surface area contributed by atoms with Gasteiger partial charge in [-0.15, -0.1) is 0 Å². The van der Waals surface area contributed by atoms with Crippen LogP contribution in [0.5, 0.6) is 0 Å². The third kappa shape index (κ3) is 6.03. The summed E-state index contributed by atoms with van der Waals surface area (Å²) in [6.07, 6.45) is 4.88. The first-order chi connectivity index (χ1) is 15.2. The van der Waals surface area contributed by atoms with E-state index in [0.717, 1.165) is 62.6 Å². The molecule has 31 heavy (non-hydrogen) atoms. The Hall–Kier alpha value is -2.96. The van der Waals surface area contributed by atoms with Gasteiger partial charge in [-0.25, -0.2) is 0 Å². The number of nitrogens with one attached hydrogen (secondary N) is 1. The molecule has 0 unspecified atom stereocenters. The van der Waals surface area contributed by atoms with Crippen molar-refractivity contribution < 1.29 is 14.3 Å². The third-order valence-corrected chi connectivity index (χ3v) is 5.67. The number of morpholine rings is 1. The Kier molecular flexibility index (Phi) is 7.12. The largest absolute Gasteiger partial charge is 0.379 e. The Morgan fingerprint density at radius 1 is 1.03 bits per heavy atom. The second-order valence-electron chi connectivity index (χ2n) is 8.00. The van der Waals surface area contributed by atoms with E-state index < -0.39 is 0 Å². The van der Waals surface area contributed by atoms with Crippen LogP contribution in [0.25, 0.3) is 6.08 Å². The molecule has 4 rings (SSSR count). The smallest absolute Gasteiger partial charge is 0.244 e. The highest BCUT2D eigenvalue weighted by Gasteiger charge is 2.21. The summed E-state index contributed by atoms with van der Waals surface area (Å²) in [6, 6.07) is 16.1. The average Bonchev–Trinajstić information content (AvgIpc) is 3.23. The number of ether oxygens (including phenoxy) is 1. The van der Waals surface area contributed by atoms with Crippen molar-refractivity contribution in [1.29, 1.82) is 0 Å². The van der Waals surface area contributed by atoms with E-state index in [2.05, 4.69) is 22.3 Å². The Morgan fingerprint density at radius 3 is 2.55 bits per heavy atom. The van der Waals surface area contributed by atoms with E-state index in [9.17, 15) is 9.59 Å². The van der Waals surface area contributed by atoms with Gasteiger partial charge in [-0.2, -0.15) is 0 Å². The van der Waals surface area contributed by atoms with Gasteiger partial charge in [0.1, 0.15) is 0 Å². The van der Waals surface area contributed by atoms with E-state index >= 15 is 0 Å². The molecule has 162 valence electrons. The minimum atomic E-state index is -0.127. The molecule has 0 saturated carbocycles. The molecule has 2 aliphatic heterocycles. The molecule has 0 spiro atoms. The van der Waals surface area contributed by atoms with Gasteiger partial charge in [0, 0.05) is 50.9 Å². The Labute approximate surface area is 183 Å². The van der Waals surface area contributed by atoms with Gasteiger partial charge in [0.2, 0.25) is 11.8 Å². The number of nitrogens with zero attached hydrogens (tertiary/aromatic N) is 2. The number of carbonyl (C=O) groups is 2. The van der Waals surface area contributed by atoms with E-state index in [1.54, 1.807) is 12.2 Å². The van der Waals surface area contributed by atoms with Crippen molar-refractivity contribution in [1.82, 2.24) is 10.2 Å². The molecule has 6 nitrogen and oxygen atoms in total. The van der Waals surface area contributed by atoms with Gasteiger partial charge in [0.15, 0.2) is 0 Å². The Morgan fingerprint density at radius 2 is 1.81 bits per heavy atom. The molecule has 0 atom stereocenters. The van der Waals surface area contributed by atoms with E-state index in [-0.39, 0.29) is 11.8 Å². The predicted octanol–water partition coefficient (Wildman–Crippen LogP) is 2.98. The van der Waals surface area contributed by atoms with E-state index in [1.807, 2.05) is 41.3 Å². The zero-order valence-electron chi connectivity index (χ0n) is 17.8. The van der Waals surface area contributed by atoms with Gasteiger partial charge in [-0.3, -0.25) is 14.5 Å². The van der Waals surface area contributed by atoms with Crippen LogP contribution in [-0.2, 0) is 27.4 Å². The number of anilines is 1. The van der Waals surface area contributed by atoms with Gasteiger partial charge < -0.3 is 15.0 Å². The molecule has 1 N–H and O–H groups in total. The summed E-state index contributed by atoms with van der Waals surface area (Å²) in [6.45, 7) is 5.69. The molecule has 6 heteroatoms. The Bertz CT molecular complexity index is 933. The maximum absolute atomic E-state index is 12.2. The van der Waals surface area contributed by atoms with E-state index in [4.69, 9.17) is 4.74 Å². The van der Waals surface area contributed by atoms with Crippen LogP contribution < -0.4 is 10.2 Å². The number of hydrogen-bond acceptors (Lipinski definition) is 4. The highest BCUT2D eigenvalue weighted by molar-refractivity contribution is 5.95. The van der Waals surface area contributed by atoms with E-state index in [0.29, 0.717) is 13.0 Å². The first kappa shape index (κ1) is 21.3. The molecule has 2 aromatic carbocycles. The highest BCUT2D eigenvalue weighted by atomic mass is 16.5. The molecule has 2 aromatic rings. The highest BCUT2D eigenvalue weighted by Crippen LogP contribution is 2.21. The Balaban J connectivity index is 1.26. The molecular formula is C25H29N3O3. The predicted molar refractivity (Wildman–Crippen MR) is 121 cm³/mol. The van der Waals surface area contributed by atoms with Crippen LogP contribution in [0.15, 0.2) is 54.6 Å². The summed E-state index contributed by atoms with van der Waals surface area (Å²) in [5, 5.41) is 2.95. The van der Waals surface area contributed by atoms with Crippen LogP contribution in [0.3, 0.4) is 0 Å². The zero-order valence-corrected chi connectivity index (χ0v) is 17.8. The van der Waals surface area contributed by atoms with Gasteiger partial charge in [0.25, 0.3) is 0 Å². The van der Waals surface area contributed by atoms with Crippen molar-refractivity contribution >= 4 is 23.6 Å². The molecule has 0 radical (unpaired) electrons. The van der Waals surface area contributed by atoms with Gasteiger partial charge in [-0.05, 0) is 41.3 Å². The number of carbonyl (C=O) groups excluding carboxylic acids is 2. The summed E-state index contributed by atoms with van der Waals surface area (Å²) in [5.41, 5.74) is 4.19. The van der Waals surface area contributed by atoms with Crippen molar-refractivity contribution in [2.45, 2.75) is 25.9 Å². The fourth-order valence-corrected chi connectivity index (χ4v) is 3.96. The summed E-state index contributed by atoms with van der Waals surface area (Å²) < 4.78 is 5.40.